The summed E-state index contributed by atoms with van der Waals surface area (Å²) in [7, 11) is 1.57. The number of nitrogens with zero attached hydrogens (tertiary/aromatic N) is 2. The second kappa shape index (κ2) is 9.62. The Hall–Kier alpha value is -2.77. The summed E-state index contributed by atoms with van der Waals surface area (Å²) >= 11 is 0. The van der Waals surface area contributed by atoms with Gasteiger partial charge < -0.3 is 15.4 Å². The third-order valence-corrected chi connectivity index (χ3v) is 3.91. The summed E-state index contributed by atoms with van der Waals surface area (Å²) in [6, 6.07) is 7.84. The molecule has 158 valence electrons. The predicted octanol–water partition coefficient (Wildman–Crippen LogP) is 4.19. The molecule has 0 unspecified atom stereocenters. The zero-order valence-electron chi connectivity index (χ0n) is 17.1. The maximum Gasteiger partial charge on any atom is 0.416 e. The molecule has 0 aliphatic heterocycles. The molecule has 29 heavy (non-hydrogen) atoms. The molecule has 0 bridgehead atoms. The molecule has 0 saturated carbocycles. The van der Waals surface area contributed by atoms with Crippen LogP contribution in [0.25, 0.3) is 0 Å². The molecule has 2 rings (SSSR count). The number of halogens is 3. The van der Waals surface area contributed by atoms with E-state index < -0.39 is 17.3 Å². The first-order chi connectivity index (χ1) is 13.6. The summed E-state index contributed by atoms with van der Waals surface area (Å²) in [6.07, 6.45) is -0.283. The van der Waals surface area contributed by atoms with Crippen LogP contribution in [0, 0.1) is 0 Å². The summed E-state index contributed by atoms with van der Waals surface area (Å²) in [5, 5.41) is 6.03. The van der Waals surface area contributed by atoms with Gasteiger partial charge >= 0.3 is 6.18 Å². The van der Waals surface area contributed by atoms with Crippen LogP contribution in [-0.2, 0) is 19.1 Å². The fourth-order valence-electron chi connectivity index (χ4n) is 2.66. The van der Waals surface area contributed by atoms with Crippen molar-refractivity contribution < 1.29 is 17.9 Å². The second-order valence-corrected chi connectivity index (χ2v) is 7.49. The van der Waals surface area contributed by atoms with Crippen molar-refractivity contribution in [3.8, 4) is 5.75 Å². The first-order valence-corrected chi connectivity index (χ1v) is 9.31. The largest absolute Gasteiger partial charge is 0.488 e. The van der Waals surface area contributed by atoms with Crippen LogP contribution >= 0.6 is 0 Å². The Morgan fingerprint density at radius 3 is 2.48 bits per heavy atom. The van der Waals surface area contributed by atoms with Crippen LogP contribution in [0.2, 0.25) is 0 Å². The minimum absolute atomic E-state index is 0.0167. The summed E-state index contributed by atoms with van der Waals surface area (Å²) < 4.78 is 46.1. The normalized spacial score (nSPS) is 12.6. The third kappa shape index (κ3) is 7.63. The lowest BCUT2D eigenvalue weighted by Crippen LogP contribution is -2.38. The van der Waals surface area contributed by atoms with Gasteiger partial charge in [-0.25, -0.2) is 0 Å². The number of aliphatic imine (C=N–C) groups is 1. The van der Waals surface area contributed by atoms with Crippen molar-refractivity contribution in [2.45, 2.75) is 45.5 Å². The highest BCUT2D eigenvalue weighted by molar-refractivity contribution is 5.79. The number of guanidine groups is 1. The van der Waals surface area contributed by atoms with E-state index in [4.69, 9.17) is 4.74 Å². The Balaban J connectivity index is 2.01. The molecule has 0 aliphatic carbocycles. The van der Waals surface area contributed by atoms with E-state index in [-0.39, 0.29) is 17.9 Å². The fraction of sp³-hybridized carbons (Fsp3) is 0.429. The van der Waals surface area contributed by atoms with Crippen LogP contribution in [0.5, 0.6) is 5.75 Å². The quantitative estimate of drug-likeness (QED) is 0.556. The van der Waals surface area contributed by atoms with Crippen molar-refractivity contribution >= 4 is 5.96 Å². The molecule has 0 spiro atoms. The third-order valence-electron chi connectivity index (χ3n) is 3.91. The molecular formula is C21H27F3N4O. The molecule has 0 amide bonds. The predicted molar refractivity (Wildman–Crippen MR) is 108 cm³/mol. The fourth-order valence-corrected chi connectivity index (χ4v) is 2.66. The zero-order chi connectivity index (χ0) is 21.5. The molecule has 2 N–H and O–H groups in total. The number of hydrogen-bond donors (Lipinski definition) is 2. The Bertz CT molecular complexity index is 815. The maximum atomic E-state index is 13.5. The van der Waals surface area contributed by atoms with Crippen molar-refractivity contribution in [3.63, 3.8) is 0 Å². The number of nitrogens with one attached hydrogen (secondary N) is 2. The van der Waals surface area contributed by atoms with E-state index in [2.05, 4.69) is 20.6 Å². The first kappa shape index (κ1) is 22.5. The molecule has 1 aromatic carbocycles. The second-order valence-electron chi connectivity index (χ2n) is 7.49. The topological polar surface area (TPSA) is 58.5 Å². The molecule has 0 atom stereocenters. The minimum Gasteiger partial charge on any atom is -0.488 e. The SMILES string of the molecule is CN=C(NCCc1cccnc1)NCc1ccc(OC(C)(C)C)cc1C(F)(F)F. The van der Waals surface area contributed by atoms with Gasteiger partial charge in [0.25, 0.3) is 0 Å². The van der Waals surface area contributed by atoms with Crippen LogP contribution in [0.4, 0.5) is 13.2 Å². The summed E-state index contributed by atoms with van der Waals surface area (Å²) in [5.74, 6) is 0.615. The molecule has 2 aromatic rings. The Labute approximate surface area is 169 Å². The van der Waals surface area contributed by atoms with Gasteiger partial charge in [0.15, 0.2) is 5.96 Å². The van der Waals surface area contributed by atoms with Crippen LogP contribution in [0.15, 0.2) is 47.7 Å². The van der Waals surface area contributed by atoms with E-state index in [9.17, 15) is 13.2 Å². The van der Waals surface area contributed by atoms with Gasteiger partial charge in [-0.05, 0) is 56.5 Å². The minimum atomic E-state index is -4.48. The van der Waals surface area contributed by atoms with Crippen molar-refractivity contribution in [3.05, 3.63) is 59.4 Å². The number of rotatable bonds is 6. The average molecular weight is 408 g/mol. The van der Waals surface area contributed by atoms with E-state index in [1.807, 2.05) is 12.1 Å². The number of hydrogen-bond acceptors (Lipinski definition) is 3. The smallest absolute Gasteiger partial charge is 0.416 e. The molecule has 0 radical (unpaired) electrons. The van der Waals surface area contributed by atoms with Crippen molar-refractivity contribution in [1.29, 1.82) is 0 Å². The van der Waals surface area contributed by atoms with Gasteiger partial charge in [0, 0.05) is 32.5 Å². The van der Waals surface area contributed by atoms with Gasteiger partial charge in [-0.2, -0.15) is 13.2 Å². The number of ether oxygens (including phenoxy) is 1. The van der Waals surface area contributed by atoms with Crippen molar-refractivity contribution in [2.75, 3.05) is 13.6 Å². The lowest BCUT2D eigenvalue weighted by atomic mass is 10.1. The number of pyridine rings is 1. The Morgan fingerprint density at radius 1 is 1.14 bits per heavy atom. The van der Waals surface area contributed by atoms with E-state index in [1.165, 1.54) is 6.07 Å². The number of alkyl halides is 3. The summed E-state index contributed by atoms with van der Waals surface area (Å²) in [6.45, 7) is 5.93. The molecular weight excluding hydrogens is 381 g/mol. The van der Waals surface area contributed by atoms with Gasteiger partial charge in [0.1, 0.15) is 11.4 Å². The van der Waals surface area contributed by atoms with Crippen LogP contribution < -0.4 is 15.4 Å². The van der Waals surface area contributed by atoms with Gasteiger partial charge in [0.2, 0.25) is 0 Å². The number of aromatic nitrogens is 1. The number of benzene rings is 1. The molecule has 5 nitrogen and oxygen atoms in total. The molecule has 8 heteroatoms. The lowest BCUT2D eigenvalue weighted by Gasteiger charge is -2.23. The van der Waals surface area contributed by atoms with E-state index in [0.717, 1.165) is 18.1 Å². The zero-order valence-corrected chi connectivity index (χ0v) is 17.1. The summed E-state index contributed by atoms with van der Waals surface area (Å²) in [4.78, 5) is 8.12. The average Bonchev–Trinajstić information content (AvgIpc) is 2.64. The molecule has 0 saturated heterocycles. The monoisotopic (exact) mass is 408 g/mol. The molecule has 1 heterocycles. The van der Waals surface area contributed by atoms with Crippen LogP contribution in [-0.4, -0.2) is 30.1 Å². The van der Waals surface area contributed by atoms with Crippen LogP contribution in [0.1, 0.15) is 37.5 Å². The van der Waals surface area contributed by atoms with E-state index in [1.54, 1.807) is 46.3 Å². The van der Waals surface area contributed by atoms with Crippen molar-refractivity contribution in [2.24, 2.45) is 4.99 Å². The van der Waals surface area contributed by atoms with Gasteiger partial charge in [-0.1, -0.05) is 12.1 Å². The Kier molecular flexibility index (Phi) is 7.47. The van der Waals surface area contributed by atoms with Gasteiger partial charge in [-0.15, -0.1) is 0 Å². The van der Waals surface area contributed by atoms with Gasteiger partial charge in [0.05, 0.1) is 5.56 Å². The highest BCUT2D eigenvalue weighted by atomic mass is 19.4. The summed E-state index contributed by atoms with van der Waals surface area (Å²) in [5.41, 5.74) is -0.126. The highest BCUT2D eigenvalue weighted by Crippen LogP contribution is 2.35. The first-order valence-electron chi connectivity index (χ1n) is 9.31. The van der Waals surface area contributed by atoms with Crippen molar-refractivity contribution in [1.82, 2.24) is 15.6 Å². The Morgan fingerprint density at radius 2 is 1.90 bits per heavy atom. The lowest BCUT2D eigenvalue weighted by molar-refractivity contribution is -0.138. The molecule has 0 fully saturated rings. The van der Waals surface area contributed by atoms with Crippen LogP contribution in [0.3, 0.4) is 0 Å². The highest BCUT2D eigenvalue weighted by Gasteiger charge is 2.34. The maximum absolute atomic E-state index is 13.5. The van der Waals surface area contributed by atoms with E-state index in [0.29, 0.717) is 12.5 Å². The van der Waals surface area contributed by atoms with Gasteiger partial charge in [-0.3, -0.25) is 9.98 Å². The molecule has 0 aliphatic rings. The molecule has 1 aromatic heterocycles. The standard InChI is InChI=1S/C21H27F3N4O/c1-20(2,3)29-17-8-7-16(18(12-17)21(22,23)24)14-28-19(25-4)27-11-9-15-6-5-10-26-13-15/h5-8,10,12-13H,9,11,14H2,1-4H3,(H2,25,27,28). The van der Waals surface area contributed by atoms with E-state index >= 15 is 0 Å².